The molecule has 1 saturated heterocycles. The molecule has 1 unspecified atom stereocenters. The number of aromatic nitrogens is 2. The van der Waals surface area contributed by atoms with Gasteiger partial charge in [-0.2, -0.15) is 0 Å². The number of nitrogens with zero attached hydrogens (tertiary/aromatic N) is 2. The van der Waals surface area contributed by atoms with Crippen LogP contribution in [0.25, 0.3) is 10.9 Å². The number of piperidine rings is 1. The van der Waals surface area contributed by atoms with Crippen molar-refractivity contribution in [1.82, 2.24) is 14.9 Å². The smallest absolute Gasteiger partial charge is 0.262 e. The van der Waals surface area contributed by atoms with Crippen molar-refractivity contribution in [2.75, 3.05) is 0 Å². The highest BCUT2D eigenvalue weighted by Gasteiger charge is 2.30. The summed E-state index contributed by atoms with van der Waals surface area (Å²) < 4.78 is 1.42. The molecule has 3 rings (SSSR count). The second-order valence-electron chi connectivity index (χ2n) is 5.60. The van der Waals surface area contributed by atoms with Crippen molar-refractivity contribution >= 4 is 29.1 Å². The van der Waals surface area contributed by atoms with E-state index < -0.39 is 11.9 Å². The highest BCUT2D eigenvalue weighted by Crippen LogP contribution is 2.21. The number of aryl methyl sites for hydroxylation is 2. The van der Waals surface area contributed by atoms with Crippen LogP contribution in [0.4, 0.5) is 0 Å². The van der Waals surface area contributed by atoms with Gasteiger partial charge in [0.05, 0.1) is 10.9 Å². The van der Waals surface area contributed by atoms with Crippen LogP contribution < -0.4 is 16.6 Å². The standard InChI is InChI=1S/C16H17N3O3.CH3NO/c1-3-10-5-4-6-11-14(10)16(22)19(9(2)17-11)12-7-8-13(20)18-15(12)21;2-1-3/h4-6,12H,3,7-8H2,1-2H3,(H,18,20,21);1H,(H2,2,3). The third kappa shape index (κ3) is 3.57. The van der Waals surface area contributed by atoms with E-state index in [-0.39, 0.29) is 24.3 Å². The van der Waals surface area contributed by atoms with E-state index >= 15 is 0 Å². The van der Waals surface area contributed by atoms with E-state index in [1.165, 1.54) is 4.57 Å². The first-order valence-corrected chi connectivity index (χ1v) is 7.94. The summed E-state index contributed by atoms with van der Waals surface area (Å²) in [6.45, 7) is 3.69. The molecule has 25 heavy (non-hydrogen) atoms. The third-order valence-corrected chi connectivity index (χ3v) is 4.09. The first-order chi connectivity index (χ1) is 11.9. The molecule has 0 saturated carbocycles. The molecule has 3 amide bonds. The Morgan fingerprint density at radius 2 is 2.04 bits per heavy atom. The van der Waals surface area contributed by atoms with Crippen LogP contribution in [-0.4, -0.2) is 27.8 Å². The Kier molecular flexibility index (Phi) is 5.63. The number of carbonyl (C=O) groups is 3. The van der Waals surface area contributed by atoms with Gasteiger partial charge in [-0.05, 0) is 31.4 Å². The molecule has 132 valence electrons. The number of rotatable bonds is 2. The van der Waals surface area contributed by atoms with Gasteiger partial charge in [-0.1, -0.05) is 19.1 Å². The number of nitrogens with one attached hydrogen (secondary N) is 1. The first kappa shape index (κ1) is 18.3. The van der Waals surface area contributed by atoms with Crippen molar-refractivity contribution in [3.05, 3.63) is 39.9 Å². The quantitative estimate of drug-likeness (QED) is 0.601. The number of hydrogen-bond donors (Lipinski definition) is 2. The van der Waals surface area contributed by atoms with Crippen LogP contribution in [0.15, 0.2) is 23.0 Å². The lowest BCUT2D eigenvalue weighted by atomic mass is 10.0. The summed E-state index contributed by atoms with van der Waals surface area (Å²) in [7, 11) is 0. The lowest BCUT2D eigenvalue weighted by Gasteiger charge is -2.24. The van der Waals surface area contributed by atoms with E-state index in [1.807, 2.05) is 19.1 Å². The SMILES string of the molecule is CCc1cccc2nc(C)n(C3CCC(=O)NC3=O)c(=O)c12.NC=O. The van der Waals surface area contributed by atoms with Gasteiger partial charge in [0.25, 0.3) is 5.56 Å². The van der Waals surface area contributed by atoms with Crippen molar-refractivity contribution < 1.29 is 14.4 Å². The van der Waals surface area contributed by atoms with Crippen molar-refractivity contribution in [3.8, 4) is 0 Å². The fourth-order valence-electron chi connectivity index (χ4n) is 3.01. The van der Waals surface area contributed by atoms with E-state index in [4.69, 9.17) is 4.79 Å². The lowest BCUT2D eigenvalue weighted by Crippen LogP contribution is -2.45. The summed E-state index contributed by atoms with van der Waals surface area (Å²) in [4.78, 5) is 49.3. The minimum absolute atomic E-state index is 0.213. The molecule has 0 radical (unpaired) electrons. The number of fused-ring (bicyclic) bond motifs is 1. The highest BCUT2D eigenvalue weighted by molar-refractivity contribution is 5.99. The van der Waals surface area contributed by atoms with Gasteiger partial charge < -0.3 is 5.73 Å². The van der Waals surface area contributed by atoms with Crippen LogP contribution in [0.5, 0.6) is 0 Å². The van der Waals surface area contributed by atoms with Crippen LogP contribution in [0, 0.1) is 6.92 Å². The molecule has 0 aliphatic carbocycles. The largest absolute Gasteiger partial charge is 0.372 e. The molecule has 1 aliphatic rings. The van der Waals surface area contributed by atoms with E-state index in [1.54, 1.807) is 13.0 Å². The van der Waals surface area contributed by atoms with Crippen LogP contribution in [0.3, 0.4) is 0 Å². The Morgan fingerprint density at radius 1 is 1.36 bits per heavy atom. The topological polar surface area (TPSA) is 124 Å². The third-order valence-electron chi connectivity index (χ3n) is 4.09. The molecular formula is C17H20N4O4. The van der Waals surface area contributed by atoms with Gasteiger partial charge in [0, 0.05) is 6.42 Å². The zero-order chi connectivity index (χ0) is 18.6. The second-order valence-corrected chi connectivity index (χ2v) is 5.60. The predicted molar refractivity (Wildman–Crippen MR) is 91.8 cm³/mol. The Bertz CT molecular complexity index is 888. The fourth-order valence-corrected chi connectivity index (χ4v) is 3.01. The molecule has 1 aromatic heterocycles. The molecule has 0 spiro atoms. The molecule has 2 aromatic rings. The van der Waals surface area contributed by atoms with E-state index in [9.17, 15) is 14.4 Å². The maximum absolute atomic E-state index is 12.9. The summed E-state index contributed by atoms with van der Waals surface area (Å²) in [5.74, 6) is -0.244. The first-order valence-electron chi connectivity index (χ1n) is 7.94. The summed E-state index contributed by atoms with van der Waals surface area (Å²) in [5, 5.41) is 2.85. The maximum Gasteiger partial charge on any atom is 0.262 e. The number of hydrogen-bond acceptors (Lipinski definition) is 5. The van der Waals surface area contributed by atoms with Gasteiger partial charge in [0.2, 0.25) is 18.2 Å². The average Bonchev–Trinajstić information content (AvgIpc) is 2.56. The van der Waals surface area contributed by atoms with E-state index in [0.717, 1.165) is 5.56 Å². The Balaban J connectivity index is 0.000000701. The van der Waals surface area contributed by atoms with Crippen molar-refractivity contribution in [2.24, 2.45) is 5.73 Å². The number of benzene rings is 1. The molecule has 0 bridgehead atoms. The molecule has 1 aliphatic heterocycles. The lowest BCUT2D eigenvalue weighted by molar-refractivity contribution is -0.135. The normalized spacial score (nSPS) is 16.8. The number of carbonyl (C=O) groups excluding carboxylic acids is 3. The van der Waals surface area contributed by atoms with Crippen molar-refractivity contribution in [3.63, 3.8) is 0 Å². The predicted octanol–water partition coefficient (Wildman–Crippen LogP) is 0.347. The second kappa shape index (κ2) is 7.69. The van der Waals surface area contributed by atoms with Gasteiger partial charge >= 0.3 is 0 Å². The summed E-state index contributed by atoms with van der Waals surface area (Å²) in [6, 6.07) is 4.91. The van der Waals surface area contributed by atoms with Gasteiger partial charge in [-0.3, -0.25) is 29.1 Å². The maximum atomic E-state index is 12.9. The van der Waals surface area contributed by atoms with Crippen molar-refractivity contribution in [2.45, 2.75) is 39.2 Å². The molecule has 1 fully saturated rings. The Hall–Kier alpha value is -3.03. The van der Waals surface area contributed by atoms with E-state index in [2.05, 4.69) is 16.0 Å². The molecule has 3 N–H and O–H groups in total. The monoisotopic (exact) mass is 344 g/mol. The molecule has 8 heteroatoms. The fraction of sp³-hybridized carbons (Fsp3) is 0.353. The molecule has 8 nitrogen and oxygen atoms in total. The Morgan fingerprint density at radius 3 is 2.64 bits per heavy atom. The number of nitrogens with two attached hydrogens (primary N) is 1. The summed E-state index contributed by atoms with van der Waals surface area (Å²) in [5.41, 5.74) is 5.51. The number of primary amides is 1. The molecular weight excluding hydrogens is 324 g/mol. The number of imide groups is 1. The Labute approximate surface area is 144 Å². The number of amides is 3. The van der Waals surface area contributed by atoms with E-state index in [0.29, 0.717) is 29.6 Å². The summed E-state index contributed by atoms with van der Waals surface area (Å²) in [6.07, 6.45) is 1.52. The minimum Gasteiger partial charge on any atom is -0.372 e. The van der Waals surface area contributed by atoms with Gasteiger partial charge in [-0.15, -0.1) is 0 Å². The zero-order valence-corrected chi connectivity index (χ0v) is 14.1. The van der Waals surface area contributed by atoms with Gasteiger partial charge in [0.15, 0.2) is 0 Å². The molecule has 2 heterocycles. The zero-order valence-electron chi connectivity index (χ0n) is 14.1. The van der Waals surface area contributed by atoms with Crippen LogP contribution in [0.1, 0.15) is 37.2 Å². The van der Waals surface area contributed by atoms with Crippen LogP contribution in [-0.2, 0) is 20.8 Å². The van der Waals surface area contributed by atoms with Crippen molar-refractivity contribution in [1.29, 1.82) is 0 Å². The van der Waals surface area contributed by atoms with Gasteiger partial charge in [-0.25, -0.2) is 4.98 Å². The average molecular weight is 344 g/mol. The van der Waals surface area contributed by atoms with Crippen LogP contribution >= 0.6 is 0 Å². The van der Waals surface area contributed by atoms with Gasteiger partial charge in [0.1, 0.15) is 11.9 Å². The highest BCUT2D eigenvalue weighted by atomic mass is 16.2. The molecule has 1 atom stereocenters. The summed E-state index contributed by atoms with van der Waals surface area (Å²) >= 11 is 0. The van der Waals surface area contributed by atoms with Crippen LogP contribution in [0.2, 0.25) is 0 Å². The molecule has 1 aromatic carbocycles. The minimum atomic E-state index is -0.674.